The zero-order valence-corrected chi connectivity index (χ0v) is 12.6. The van der Waals surface area contributed by atoms with E-state index in [9.17, 15) is 14.7 Å². The number of methoxy groups -OCH3 is 1. The van der Waals surface area contributed by atoms with Gasteiger partial charge in [0.15, 0.2) is 0 Å². The van der Waals surface area contributed by atoms with Gasteiger partial charge in [-0.3, -0.25) is 4.79 Å². The summed E-state index contributed by atoms with van der Waals surface area (Å²) < 4.78 is 10.4. The molecule has 0 spiro atoms. The SMILES string of the molecule is COCc1cccc(C(=O)NC(C(=O)O)C2CCCOC2)c1. The van der Waals surface area contributed by atoms with E-state index in [0.29, 0.717) is 25.4 Å². The highest BCUT2D eigenvalue weighted by Gasteiger charge is 2.31. The summed E-state index contributed by atoms with van der Waals surface area (Å²) in [4.78, 5) is 23.7. The minimum atomic E-state index is -1.03. The Hall–Kier alpha value is -1.92. The van der Waals surface area contributed by atoms with Crippen molar-refractivity contribution in [3.05, 3.63) is 35.4 Å². The number of aliphatic carboxylic acids is 1. The van der Waals surface area contributed by atoms with Crippen LogP contribution in [0.1, 0.15) is 28.8 Å². The molecule has 0 saturated carbocycles. The van der Waals surface area contributed by atoms with Crippen molar-refractivity contribution in [2.24, 2.45) is 5.92 Å². The molecule has 0 bridgehead atoms. The molecule has 1 fully saturated rings. The zero-order valence-electron chi connectivity index (χ0n) is 12.6. The molecule has 1 aliphatic rings. The number of carbonyl (C=O) groups is 2. The van der Waals surface area contributed by atoms with Gasteiger partial charge in [0.25, 0.3) is 5.91 Å². The average molecular weight is 307 g/mol. The van der Waals surface area contributed by atoms with Crippen molar-refractivity contribution in [3.63, 3.8) is 0 Å². The fourth-order valence-corrected chi connectivity index (χ4v) is 2.60. The zero-order chi connectivity index (χ0) is 15.9. The molecule has 0 radical (unpaired) electrons. The Bertz CT molecular complexity index is 525. The second kappa shape index (κ2) is 7.91. The molecule has 1 amide bonds. The van der Waals surface area contributed by atoms with Crippen molar-refractivity contribution in [3.8, 4) is 0 Å². The van der Waals surface area contributed by atoms with Crippen molar-refractivity contribution in [1.82, 2.24) is 5.32 Å². The number of benzene rings is 1. The fourth-order valence-electron chi connectivity index (χ4n) is 2.60. The number of amides is 1. The van der Waals surface area contributed by atoms with Crippen LogP contribution in [0.4, 0.5) is 0 Å². The normalized spacial score (nSPS) is 19.4. The van der Waals surface area contributed by atoms with Crippen LogP contribution in [0.2, 0.25) is 0 Å². The lowest BCUT2D eigenvalue weighted by Gasteiger charge is -2.28. The quantitative estimate of drug-likeness (QED) is 0.831. The molecule has 2 rings (SSSR count). The lowest BCUT2D eigenvalue weighted by Crippen LogP contribution is -2.48. The maximum Gasteiger partial charge on any atom is 0.326 e. The highest BCUT2D eigenvalue weighted by molar-refractivity contribution is 5.96. The van der Waals surface area contributed by atoms with Crippen LogP contribution in [0.5, 0.6) is 0 Å². The smallest absolute Gasteiger partial charge is 0.326 e. The third-order valence-corrected chi connectivity index (χ3v) is 3.72. The molecule has 1 saturated heterocycles. The number of carbonyl (C=O) groups excluding carboxylic acids is 1. The van der Waals surface area contributed by atoms with E-state index in [-0.39, 0.29) is 5.92 Å². The van der Waals surface area contributed by atoms with E-state index < -0.39 is 17.9 Å². The van der Waals surface area contributed by atoms with E-state index in [1.54, 1.807) is 25.3 Å². The third-order valence-electron chi connectivity index (χ3n) is 3.72. The molecule has 1 aromatic rings. The Kier molecular flexibility index (Phi) is 5.91. The summed E-state index contributed by atoms with van der Waals surface area (Å²) in [5.41, 5.74) is 1.29. The molecular formula is C16H21NO5. The van der Waals surface area contributed by atoms with Crippen molar-refractivity contribution in [2.45, 2.75) is 25.5 Å². The summed E-state index contributed by atoms with van der Waals surface area (Å²) in [5.74, 6) is -1.62. The number of carboxylic acids is 1. The standard InChI is InChI=1S/C16H21NO5/c1-21-9-11-4-2-5-12(8-11)15(18)17-14(16(19)20)13-6-3-7-22-10-13/h2,4-5,8,13-14H,3,6-7,9-10H2,1H3,(H,17,18)(H,19,20). The Balaban J connectivity index is 2.07. The highest BCUT2D eigenvalue weighted by atomic mass is 16.5. The van der Waals surface area contributed by atoms with Crippen LogP contribution in [-0.4, -0.2) is 43.3 Å². The summed E-state index contributed by atoms with van der Waals surface area (Å²) in [6.07, 6.45) is 1.55. The first kappa shape index (κ1) is 16.5. The van der Waals surface area contributed by atoms with E-state index in [1.165, 1.54) is 0 Å². The number of carboxylic acid groups (broad SMARTS) is 1. The summed E-state index contributed by atoms with van der Waals surface area (Å²) >= 11 is 0. The largest absolute Gasteiger partial charge is 0.480 e. The van der Waals surface area contributed by atoms with E-state index in [1.807, 2.05) is 6.07 Å². The fraction of sp³-hybridized carbons (Fsp3) is 0.500. The van der Waals surface area contributed by atoms with Gasteiger partial charge in [0.1, 0.15) is 6.04 Å². The number of rotatable bonds is 6. The van der Waals surface area contributed by atoms with E-state index in [4.69, 9.17) is 9.47 Å². The predicted octanol–water partition coefficient (Wildman–Crippen LogP) is 1.44. The monoisotopic (exact) mass is 307 g/mol. The molecule has 0 aromatic heterocycles. The van der Waals surface area contributed by atoms with Gasteiger partial charge in [-0.2, -0.15) is 0 Å². The Morgan fingerprint density at radius 3 is 2.95 bits per heavy atom. The third kappa shape index (κ3) is 4.29. The van der Waals surface area contributed by atoms with Crippen molar-refractivity contribution in [1.29, 1.82) is 0 Å². The van der Waals surface area contributed by atoms with Gasteiger partial charge in [-0.1, -0.05) is 12.1 Å². The van der Waals surface area contributed by atoms with Gasteiger partial charge in [0.05, 0.1) is 13.2 Å². The Morgan fingerprint density at radius 1 is 1.50 bits per heavy atom. The molecule has 6 heteroatoms. The minimum absolute atomic E-state index is 0.197. The van der Waals surface area contributed by atoms with Crippen LogP contribution in [-0.2, 0) is 20.9 Å². The molecule has 6 nitrogen and oxygen atoms in total. The molecule has 2 atom stereocenters. The van der Waals surface area contributed by atoms with Gasteiger partial charge < -0.3 is 19.9 Å². The van der Waals surface area contributed by atoms with Crippen LogP contribution in [0.15, 0.2) is 24.3 Å². The lowest BCUT2D eigenvalue weighted by atomic mass is 9.93. The Morgan fingerprint density at radius 2 is 2.32 bits per heavy atom. The maximum atomic E-state index is 12.3. The molecule has 22 heavy (non-hydrogen) atoms. The summed E-state index contributed by atoms with van der Waals surface area (Å²) in [5, 5.41) is 12.0. The first-order valence-corrected chi connectivity index (χ1v) is 7.31. The second-order valence-electron chi connectivity index (χ2n) is 5.40. The molecule has 1 aromatic carbocycles. The highest BCUT2D eigenvalue weighted by Crippen LogP contribution is 2.18. The summed E-state index contributed by atoms with van der Waals surface area (Å²) in [6.45, 7) is 1.41. The molecule has 1 heterocycles. The molecule has 2 N–H and O–H groups in total. The van der Waals surface area contributed by atoms with Crippen LogP contribution < -0.4 is 5.32 Å². The number of nitrogens with one attached hydrogen (secondary N) is 1. The van der Waals surface area contributed by atoms with Crippen molar-refractivity contribution < 1.29 is 24.2 Å². The first-order valence-electron chi connectivity index (χ1n) is 7.31. The minimum Gasteiger partial charge on any atom is -0.480 e. The van der Waals surface area contributed by atoms with Gasteiger partial charge >= 0.3 is 5.97 Å². The van der Waals surface area contributed by atoms with Crippen LogP contribution in [0.3, 0.4) is 0 Å². The lowest BCUT2D eigenvalue weighted by molar-refractivity contribution is -0.142. The molecule has 2 unspecified atom stereocenters. The van der Waals surface area contributed by atoms with Crippen molar-refractivity contribution in [2.75, 3.05) is 20.3 Å². The van der Waals surface area contributed by atoms with Crippen LogP contribution >= 0.6 is 0 Å². The van der Waals surface area contributed by atoms with E-state index >= 15 is 0 Å². The molecule has 1 aliphatic heterocycles. The Labute approximate surface area is 129 Å². The number of hydrogen-bond acceptors (Lipinski definition) is 4. The second-order valence-corrected chi connectivity index (χ2v) is 5.40. The van der Waals surface area contributed by atoms with Crippen LogP contribution in [0, 0.1) is 5.92 Å². The average Bonchev–Trinajstić information content (AvgIpc) is 2.53. The molecule has 120 valence electrons. The number of ether oxygens (including phenoxy) is 2. The van der Waals surface area contributed by atoms with Gasteiger partial charge in [-0.25, -0.2) is 4.79 Å². The predicted molar refractivity (Wildman–Crippen MR) is 79.6 cm³/mol. The van der Waals surface area contributed by atoms with Crippen molar-refractivity contribution >= 4 is 11.9 Å². The topological polar surface area (TPSA) is 84.9 Å². The number of hydrogen-bond donors (Lipinski definition) is 2. The maximum absolute atomic E-state index is 12.3. The summed E-state index contributed by atoms with van der Waals surface area (Å²) in [6, 6.07) is 6.03. The van der Waals surface area contributed by atoms with E-state index in [2.05, 4.69) is 5.32 Å². The van der Waals surface area contributed by atoms with Crippen LogP contribution in [0.25, 0.3) is 0 Å². The van der Waals surface area contributed by atoms with E-state index in [0.717, 1.165) is 18.4 Å². The molecule has 0 aliphatic carbocycles. The van der Waals surface area contributed by atoms with Gasteiger partial charge in [-0.05, 0) is 30.5 Å². The molecular weight excluding hydrogens is 286 g/mol. The van der Waals surface area contributed by atoms with Gasteiger partial charge in [0.2, 0.25) is 0 Å². The summed E-state index contributed by atoms with van der Waals surface area (Å²) in [7, 11) is 1.58. The first-order chi connectivity index (χ1) is 10.6. The van der Waals surface area contributed by atoms with Gasteiger partial charge in [-0.15, -0.1) is 0 Å². The van der Waals surface area contributed by atoms with Gasteiger partial charge in [0, 0.05) is 25.2 Å².